The molecule has 1 aromatic heterocycles. The number of oxazole rings is 1. The summed E-state index contributed by atoms with van der Waals surface area (Å²) in [5, 5.41) is 2.77. The molecule has 4 rings (SSSR count). The number of anilines is 1. The lowest BCUT2D eigenvalue weighted by Gasteiger charge is -2.04. The average Bonchev–Trinajstić information content (AvgIpc) is 3.12. The Morgan fingerprint density at radius 1 is 1.04 bits per heavy atom. The first kappa shape index (κ1) is 16.8. The van der Waals surface area contributed by atoms with E-state index in [0.29, 0.717) is 28.2 Å². The maximum Gasteiger partial charge on any atom is 0.255 e. The van der Waals surface area contributed by atoms with Gasteiger partial charge in [-0.2, -0.15) is 0 Å². The summed E-state index contributed by atoms with van der Waals surface area (Å²) in [5.41, 5.74) is 2.99. The average molecular weight is 362 g/mol. The van der Waals surface area contributed by atoms with Gasteiger partial charge >= 0.3 is 0 Å². The molecule has 27 heavy (non-hydrogen) atoms. The number of rotatable bonds is 4. The van der Waals surface area contributed by atoms with Crippen LogP contribution in [-0.4, -0.2) is 18.0 Å². The van der Waals surface area contributed by atoms with Crippen LogP contribution in [0.3, 0.4) is 0 Å². The molecule has 0 saturated carbocycles. The molecule has 0 spiro atoms. The Hall–Kier alpha value is -3.67. The van der Waals surface area contributed by atoms with Gasteiger partial charge in [0.1, 0.15) is 17.1 Å². The lowest BCUT2D eigenvalue weighted by molar-refractivity contribution is 0.102. The third kappa shape index (κ3) is 3.50. The molecule has 1 N–H and O–H groups in total. The van der Waals surface area contributed by atoms with Crippen LogP contribution in [-0.2, 0) is 0 Å². The molecular weight excluding hydrogens is 347 g/mol. The molecule has 3 aromatic carbocycles. The van der Waals surface area contributed by atoms with Crippen molar-refractivity contribution in [3.63, 3.8) is 0 Å². The third-order valence-corrected chi connectivity index (χ3v) is 4.09. The molecule has 134 valence electrons. The molecule has 1 heterocycles. The molecule has 1 amide bonds. The number of nitrogens with one attached hydrogen (secondary N) is 1. The number of hydrogen-bond acceptors (Lipinski definition) is 4. The second kappa shape index (κ2) is 6.92. The molecule has 4 aromatic rings. The van der Waals surface area contributed by atoms with Crippen molar-refractivity contribution in [1.29, 1.82) is 0 Å². The first-order valence-electron chi connectivity index (χ1n) is 8.24. The van der Waals surface area contributed by atoms with Gasteiger partial charge in [-0.15, -0.1) is 0 Å². The van der Waals surface area contributed by atoms with E-state index in [9.17, 15) is 9.18 Å². The topological polar surface area (TPSA) is 64.4 Å². The molecule has 0 aliphatic heterocycles. The van der Waals surface area contributed by atoms with Gasteiger partial charge in [-0.3, -0.25) is 4.79 Å². The molecular formula is C21H15FN2O3. The van der Waals surface area contributed by atoms with E-state index < -0.39 is 0 Å². The second-order valence-corrected chi connectivity index (χ2v) is 5.89. The van der Waals surface area contributed by atoms with E-state index >= 15 is 0 Å². The highest BCUT2D eigenvalue weighted by molar-refractivity contribution is 6.04. The normalized spacial score (nSPS) is 10.7. The first-order valence-corrected chi connectivity index (χ1v) is 8.24. The van der Waals surface area contributed by atoms with Crippen molar-refractivity contribution < 1.29 is 18.3 Å². The number of halogens is 1. The van der Waals surface area contributed by atoms with E-state index in [4.69, 9.17) is 9.15 Å². The minimum atomic E-state index is -0.388. The summed E-state index contributed by atoms with van der Waals surface area (Å²) >= 11 is 0. The Bertz CT molecular complexity index is 1100. The van der Waals surface area contributed by atoms with Crippen molar-refractivity contribution in [2.45, 2.75) is 0 Å². The van der Waals surface area contributed by atoms with E-state index in [-0.39, 0.29) is 11.7 Å². The van der Waals surface area contributed by atoms with Gasteiger partial charge < -0.3 is 14.5 Å². The smallest absolute Gasteiger partial charge is 0.255 e. The molecule has 0 atom stereocenters. The summed E-state index contributed by atoms with van der Waals surface area (Å²) < 4.78 is 23.9. The standard InChI is InChI=1S/C21H15FN2O3/c1-26-17-9-4-14(5-10-17)21-24-18-11-8-16(12-19(18)27-21)23-20(25)13-2-6-15(22)7-3-13/h2-12H,1H3,(H,23,25). The van der Waals surface area contributed by atoms with Gasteiger partial charge in [0.05, 0.1) is 7.11 Å². The Labute approximate surface area is 154 Å². The Balaban J connectivity index is 1.58. The van der Waals surface area contributed by atoms with Crippen molar-refractivity contribution in [2.24, 2.45) is 0 Å². The zero-order valence-electron chi connectivity index (χ0n) is 14.4. The predicted molar refractivity (Wildman–Crippen MR) is 100 cm³/mol. The summed E-state index contributed by atoms with van der Waals surface area (Å²) in [7, 11) is 1.61. The zero-order valence-corrected chi connectivity index (χ0v) is 14.4. The number of amides is 1. The fourth-order valence-corrected chi connectivity index (χ4v) is 2.66. The summed E-state index contributed by atoms with van der Waals surface area (Å²) in [6, 6.07) is 18.0. The predicted octanol–water partition coefficient (Wildman–Crippen LogP) is 4.89. The maximum absolute atomic E-state index is 13.0. The van der Waals surface area contributed by atoms with Crippen molar-refractivity contribution in [2.75, 3.05) is 12.4 Å². The minimum absolute atomic E-state index is 0.329. The number of carbonyl (C=O) groups excluding carboxylic acids is 1. The Morgan fingerprint density at radius 3 is 2.48 bits per heavy atom. The summed E-state index contributed by atoms with van der Waals surface area (Å²) in [4.78, 5) is 16.7. The number of aromatic nitrogens is 1. The molecule has 0 bridgehead atoms. The number of fused-ring (bicyclic) bond motifs is 1. The molecule has 0 radical (unpaired) electrons. The zero-order chi connectivity index (χ0) is 18.8. The van der Waals surface area contributed by atoms with Crippen LogP contribution in [0.1, 0.15) is 10.4 Å². The number of methoxy groups -OCH3 is 1. The number of hydrogen-bond donors (Lipinski definition) is 1. The fourth-order valence-electron chi connectivity index (χ4n) is 2.66. The van der Waals surface area contributed by atoms with Gasteiger partial charge in [-0.1, -0.05) is 0 Å². The van der Waals surface area contributed by atoms with E-state index in [1.54, 1.807) is 25.3 Å². The highest BCUT2D eigenvalue weighted by atomic mass is 19.1. The van der Waals surface area contributed by atoms with E-state index in [2.05, 4.69) is 10.3 Å². The van der Waals surface area contributed by atoms with Gasteiger partial charge in [-0.25, -0.2) is 9.37 Å². The van der Waals surface area contributed by atoms with Crippen LogP contribution in [0.5, 0.6) is 5.75 Å². The molecule has 0 saturated heterocycles. The Morgan fingerprint density at radius 2 is 1.78 bits per heavy atom. The summed E-state index contributed by atoms with van der Waals surface area (Å²) in [5.74, 6) is 0.514. The number of benzene rings is 3. The molecule has 0 aliphatic carbocycles. The third-order valence-electron chi connectivity index (χ3n) is 4.09. The second-order valence-electron chi connectivity index (χ2n) is 5.89. The van der Waals surface area contributed by atoms with Crippen LogP contribution in [0.2, 0.25) is 0 Å². The summed E-state index contributed by atoms with van der Waals surface area (Å²) in [6.07, 6.45) is 0. The van der Waals surface area contributed by atoms with Crippen molar-refractivity contribution in [3.05, 3.63) is 78.1 Å². The van der Waals surface area contributed by atoms with E-state index in [0.717, 1.165) is 11.3 Å². The Kier molecular flexibility index (Phi) is 4.30. The van der Waals surface area contributed by atoms with Crippen LogP contribution in [0, 0.1) is 5.82 Å². The molecule has 0 fully saturated rings. The van der Waals surface area contributed by atoms with Gasteiger partial charge in [0.25, 0.3) is 5.91 Å². The maximum atomic E-state index is 13.0. The van der Waals surface area contributed by atoms with Crippen LogP contribution >= 0.6 is 0 Å². The van der Waals surface area contributed by atoms with Crippen molar-refractivity contribution >= 4 is 22.7 Å². The van der Waals surface area contributed by atoms with Gasteiger partial charge in [0.15, 0.2) is 5.58 Å². The highest BCUT2D eigenvalue weighted by Crippen LogP contribution is 2.27. The van der Waals surface area contributed by atoms with Gasteiger partial charge in [-0.05, 0) is 60.7 Å². The number of ether oxygens (including phenoxy) is 1. The van der Waals surface area contributed by atoms with Crippen molar-refractivity contribution in [1.82, 2.24) is 4.98 Å². The van der Waals surface area contributed by atoms with Crippen LogP contribution in [0.25, 0.3) is 22.6 Å². The van der Waals surface area contributed by atoms with Crippen LogP contribution in [0.15, 0.2) is 71.1 Å². The quantitative estimate of drug-likeness (QED) is 0.561. The summed E-state index contributed by atoms with van der Waals surface area (Å²) in [6.45, 7) is 0. The monoisotopic (exact) mass is 362 g/mol. The number of carbonyl (C=O) groups is 1. The van der Waals surface area contributed by atoms with Crippen LogP contribution < -0.4 is 10.1 Å². The largest absolute Gasteiger partial charge is 0.497 e. The van der Waals surface area contributed by atoms with E-state index in [1.165, 1.54) is 24.3 Å². The number of nitrogens with zero attached hydrogens (tertiary/aromatic N) is 1. The molecule has 6 heteroatoms. The minimum Gasteiger partial charge on any atom is -0.497 e. The lowest BCUT2D eigenvalue weighted by atomic mass is 10.2. The molecule has 0 unspecified atom stereocenters. The fraction of sp³-hybridized carbons (Fsp3) is 0.0476. The molecule has 0 aliphatic rings. The SMILES string of the molecule is COc1ccc(-c2nc3ccc(NC(=O)c4ccc(F)cc4)cc3o2)cc1. The van der Waals surface area contributed by atoms with E-state index in [1.807, 2.05) is 24.3 Å². The lowest BCUT2D eigenvalue weighted by Crippen LogP contribution is -2.11. The first-order chi connectivity index (χ1) is 13.1. The molecule has 5 nitrogen and oxygen atoms in total. The van der Waals surface area contributed by atoms with Gasteiger partial charge in [0.2, 0.25) is 5.89 Å². The van der Waals surface area contributed by atoms with Crippen molar-refractivity contribution in [3.8, 4) is 17.2 Å². The van der Waals surface area contributed by atoms with Crippen LogP contribution in [0.4, 0.5) is 10.1 Å². The highest BCUT2D eigenvalue weighted by Gasteiger charge is 2.11. The van der Waals surface area contributed by atoms with Gasteiger partial charge in [0, 0.05) is 22.9 Å².